The van der Waals surface area contributed by atoms with Crippen LogP contribution in [0.1, 0.15) is 32.0 Å². The van der Waals surface area contributed by atoms with Gasteiger partial charge >= 0.3 is 0 Å². The fourth-order valence-corrected chi connectivity index (χ4v) is 3.04. The summed E-state index contributed by atoms with van der Waals surface area (Å²) in [5, 5.41) is 3.03. The molecule has 1 atom stereocenters. The van der Waals surface area contributed by atoms with E-state index in [-0.39, 0.29) is 17.9 Å². The van der Waals surface area contributed by atoms with Gasteiger partial charge < -0.3 is 15.2 Å². The van der Waals surface area contributed by atoms with Crippen molar-refractivity contribution in [3.05, 3.63) is 30.1 Å². The highest BCUT2D eigenvalue weighted by atomic mass is 16.2. The van der Waals surface area contributed by atoms with Gasteiger partial charge in [0.05, 0.1) is 11.0 Å². The second kappa shape index (κ2) is 6.81. The van der Waals surface area contributed by atoms with Gasteiger partial charge in [0, 0.05) is 38.9 Å². The van der Waals surface area contributed by atoms with E-state index in [9.17, 15) is 9.59 Å². The first-order valence-electron chi connectivity index (χ1n) is 8.10. The van der Waals surface area contributed by atoms with Crippen molar-refractivity contribution in [1.29, 1.82) is 0 Å². The number of hydrogen-bond acceptors (Lipinski definition) is 3. The SMILES string of the molecule is CC(=O)N1CCC[C@@H](NC(=O)CCc2nc3ccccc3[nH]2)C1. The maximum absolute atomic E-state index is 12.1. The van der Waals surface area contributed by atoms with Crippen molar-refractivity contribution in [2.24, 2.45) is 0 Å². The van der Waals surface area contributed by atoms with Crippen LogP contribution >= 0.6 is 0 Å². The fourth-order valence-electron chi connectivity index (χ4n) is 3.04. The number of piperidine rings is 1. The van der Waals surface area contributed by atoms with Crippen molar-refractivity contribution in [2.45, 2.75) is 38.6 Å². The Morgan fingerprint density at radius 1 is 1.39 bits per heavy atom. The lowest BCUT2D eigenvalue weighted by Crippen LogP contribution is -2.49. The van der Waals surface area contributed by atoms with E-state index in [0.29, 0.717) is 19.4 Å². The van der Waals surface area contributed by atoms with Crippen molar-refractivity contribution >= 4 is 22.8 Å². The van der Waals surface area contributed by atoms with Crippen LogP contribution in [0.2, 0.25) is 0 Å². The molecule has 0 spiro atoms. The van der Waals surface area contributed by atoms with Gasteiger partial charge in [-0.05, 0) is 25.0 Å². The Hall–Kier alpha value is -2.37. The Balaban J connectivity index is 1.50. The van der Waals surface area contributed by atoms with Gasteiger partial charge in [0.25, 0.3) is 0 Å². The lowest BCUT2D eigenvalue weighted by Gasteiger charge is -2.32. The number of likely N-dealkylation sites (tertiary alicyclic amines) is 1. The number of benzene rings is 1. The highest BCUT2D eigenvalue weighted by Gasteiger charge is 2.22. The summed E-state index contributed by atoms with van der Waals surface area (Å²) in [5.41, 5.74) is 1.92. The number of H-pyrrole nitrogens is 1. The predicted octanol–water partition coefficient (Wildman–Crippen LogP) is 1.62. The summed E-state index contributed by atoms with van der Waals surface area (Å²) < 4.78 is 0. The van der Waals surface area contributed by atoms with Crippen molar-refractivity contribution in [3.63, 3.8) is 0 Å². The smallest absolute Gasteiger partial charge is 0.220 e. The lowest BCUT2D eigenvalue weighted by molar-refractivity contribution is -0.131. The molecule has 6 heteroatoms. The third kappa shape index (κ3) is 3.88. The van der Waals surface area contributed by atoms with Gasteiger partial charge in [0.1, 0.15) is 5.82 Å². The number of aryl methyl sites for hydroxylation is 1. The molecule has 0 aliphatic carbocycles. The third-order valence-electron chi connectivity index (χ3n) is 4.26. The number of aromatic amines is 1. The number of hydrogen-bond donors (Lipinski definition) is 2. The second-order valence-corrected chi connectivity index (χ2v) is 6.07. The Morgan fingerprint density at radius 3 is 3.00 bits per heavy atom. The molecule has 0 bridgehead atoms. The van der Waals surface area contributed by atoms with Crippen molar-refractivity contribution in [1.82, 2.24) is 20.2 Å². The van der Waals surface area contributed by atoms with Crippen molar-refractivity contribution in [3.8, 4) is 0 Å². The summed E-state index contributed by atoms with van der Waals surface area (Å²) in [5.74, 6) is 0.919. The molecule has 2 amide bonds. The molecular formula is C17H22N4O2. The molecule has 23 heavy (non-hydrogen) atoms. The molecule has 122 valence electrons. The van der Waals surface area contributed by atoms with Crippen LogP contribution in [-0.2, 0) is 16.0 Å². The number of rotatable bonds is 4. The summed E-state index contributed by atoms with van der Waals surface area (Å²) in [6.07, 6.45) is 2.86. The molecular weight excluding hydrogens is 292 g/mol. The molecule has 2 heterocycles. The quantitative estimate of drug-likeness (QED) is 0.900. The second-order valence-electron chi connectivity index (χ2n) is 6.07. The number of carbonyl (C=O) groups is 2. The first-order chi connectivity index (χ1) is 11.1. The van der Waals surface area contributed by atoms with E-state index in [0.717, 1.165) is 36.2 Å². The summed E-state index contributed by atoms with van der Waals surface area (Å²) in [6.45, 7) is 2.98. The van der Waals surface area contributed by atoms with Gasteiger partial charge in [0.2, 0.25) is 11.8 Å². The van der Waals surface area contributed by atoms with Crippen LogP contribution in [-0.4, -0.2) is 45.8 Å². The van der Waals surface area contributed by atoms with Gasteiger partial charge in [-0.15, -0.1) is 0 Å². The van der Waals surface area contributed by atoms with Crippen LogP contribution in [0.4, 0.5) is 0 Å². The normalized spacial score (nSPS) is 18.1. The first-order valence-corrected chi connectivity index (χ1v) is 8.10. The van der Waals surface area contributed by atoms with Crippen LogP contribution in [0, 0.1) is 0 Å². The minimum Gasteiger partial charge on any atom is -0.352 e. The Morgan fingerprint density at radius 2 is 2.22 bits per heavy atom. The highest BCUT2D eigenvalue weighted by Crippen LogP contribution is 2.12. The molecule has 0 saturated carbocycles. The number of amides is 2. The van der Waals surface area contributed by atoms with Crippen molar-refractivity contribution in [2.75, 3.05) is 13.1 Å². The number of nitrogens with one attached hydrogen (secondary N) is 2. The average Bonchev–Trinajstić information content (AvgIpc) is 2.96. The molecule has 6 nitrogen and oxygen atoms in total. The lowest BCUT2D eigenvalue weighted by atomic mass is 10.1. The monoisotopic (exact) mass is 314 g/mol. The van der Waals surface area contributed by atoms with Gasteiger partial charge in [0.15, 0.2) is 0 Å². The number of imidazole rings is 1. The summed E-state index contributed by atoms with van der Waals surface area (Å²) >= 11 is 0. The maximum atomic E-state index is 12.1. The first kappa shape index (κ1) is 15.5. The number of fused-ring (bicyclic) bond motifs is 1. The Labute approximate surface area is 135 Å². The zero-order chi connectivity index (χ0) is 16.2. The van der Waals surface area contributed by atoms with E-state index in [2.05, 4.69) is 15.3 Å². The van der Waals surface area contributed by atoms with Gasteiger partial charge in [-0.3, -0.25) is 9.59 Å². The summed E-state index contributed by atoms with van der Waals surface area (Å²) in [7, 11) is 0. The average molecular weight is 314 g/mol. The van der Waals surface area contributed by atoms with E-state index in [1.165, 1.54) is 0 Å². The molecule has 1 fully saturated rings. The van der Waals surface area contributed by atoms with E-state index in [4.69, 9.17) is 0 Å². The third-order valence-corrected chi connectivity index (χ3v) is 4.26. The molecule has 1 aromatic heterocycles. The summed E-state index contributed by atoms with van der Waals surface area (Å²) in [6, 6.07) is 7.90. The largest absolute Gasteiger partial charge is 0.352 e. The molecule has 0 radical (unpaired) electrons. The van der Waals surface area contributed by atoms with Gasteiger partial charge in [-0.25, -0.2) is 4.98 Å². The minimum atomic E-state index is 0.0147. The molecule has 3 rings (SSSR count). The zero-order valence-corrected chi connectivity index (χ0v) is 13.3. The molecule has 0 unspecified atom stereocenters. The number of para-hydroxylation sites is 2. The highest BCUT2D eigenvalue weighted by molar-refractivity contribution is 5.78. The molecule has 1 aliphatic rings. The number of aromatic nitrogens is 2. The van der Waals surface area contributed by atoms with Gasteiger partial charge in [-0.2, -0.15) is 0 Å². The molecule has 2 aromatic rings. The number of carbonyl (C=O) groups excluding carboxylic acids is 2. The predicted molar refractivity (Wildman–Crippen MR) is 87.8 cm³/mol. The fraction of sp³-hybridized carbons (Fsp3) is 0.471. The topological polar surface area (TPSA) is 78.1 Å². The zero-order valence-electron chi connectivity index (χ0n) is 13.3. The van der Waals surface area contributed by atoms with Crippen LogP contribution in [0.3, 0.4) is 0 Å². The molecule has 1 aromatic carbocycles. The van der Waals surface area contributed by atoms with Crippen LogP contribution < -0.4 is 5.32 Å². The van der Waals surface area contributed by atoms with Crippen molar-refractivity contribution < 1.29 is 9.59 Å². The van der Waals surface area contributed by atoms with Crippen LogP contribution in [0.15, 0.2) is 24.3 Å². The van der Waals surface area contributed by atoms with E-state index in [1.54, 1.807) is 11.8 Å². The van der Waals surface area contributed by atoms with Crippen LogP contribution in [0.25, 0.3) is 11.0 Å². The maximum Gasteiger partial charge on any atom is 0.220 e. The molecule has 1 saturated heterocycles. The minimum absolute atomic E-state index is 0.0147. The summed E-state index contributed by atoms with van der Waals surface area (Å²) in [4.78, 5) is 33.1. The molecule has 2 N–H and O–H groups in total. The van der Waals surface area contributed by atoms with E-state index in [1.807, 2.05) is 24.3 Å². The van der Waals surface area contributed by atoms with E-state index >= 15 is 0 Å². The number of nitrogens with zero attached hydrogens (tertiary/aromatic N) is 2. The molecule has 1 aliphatic heterocycles. The van der Waals surface area contributed by atoms with E-state index < -0.39 is 0 Å². The Kier molecular flexibility index (Phi) is 4.60. The Bertz CT molecular complexity index is 676. The van der Waals surface area contributed by atoms with Gasteiger partial charge in [-0.1, -0.05) is 12.1 Å². The standard InChI is InChI=1S/C17H22N4O2/c1-12(22)21-10-4-5-13(11-21)18-17(23)9-8-16-19-14-6-2-3-7-15(14)20-16/h2-3,6-7,13H,4-5,8-11H2,1H3,(H,18,23)(H,19,20)/t13-/m1/s1. The van der Waals surface area contributed by atoms with Crippen LogP contribution in [0.5, 0.6) is 0 Å².